The molecule has 1 fully saturated rings. The van der Waals surface area contributed by atoms with E-state index in [1.165, 1.54) is 12.8 Å². The zero-order chi connectivity index (χ0) is 12.3. The highest BCUT2D eigenvalue weighted by Gasteiger charge is 2.38. The second-order valence-corrected chi connectivity index (χ2v) is 5.92. The molecule has 0 aromatic rings. The van der Waals surface area contributed by atoms with E-state index in [4.69, 9.17) is 4.91 Å². The van der Waals surface area contributed by atoms with Gasteiger partial charge in [-0.25, -0.2) is 0 Å². The van der Waals surface area contributed by atoms with Gasteiger partial charge in [0.15, 0.2) is 0 Å². The van der Waals surface area contributed by atoms with Crippen molar-refractivity contribution in [1.29, 1.82) is 5.59 Å². The summed E-state index contributed by atoms with van der Waals surface area (Å²) in [6.07, 6.45) is 2.48. The van der Waals surface area contributed by atoms with Crippen molar-refractivity contribution in [2.75, 3.05) is 14.1 Å². The lowest BCUT2D eigenvalue weighted by Gasteiger charge is -2.48. The van der Waals surface area contributed by atoms with Gasteiger partial charge in [-0.05, 0) is 54.6 Å². The van der Waals surface area contributed by atoms with Crippen molar-refractivity contribution in [2.24, 2.45) is 0 Å². The molecule has 2 N–H and O–H groups in total. The molecule has 0 spiro atoms. The SMILES string of the molecule is CN(C)C1CC(C)(C)NC(C)(C)C1.N=O. The van der Waals surface area contributed by atoms with Crippen LogP contribution < -0.4 is 5.32 Å². The van der Waals surface area contributed by atoms with Crippen LogP contribution in [-0.2, 0) is 0 Å². The van der Waals surface area contributed by atoms with Crippen molar-refractivity contribution in [3.63, 3.8) is 0 Å². The molecule has 0 aliphatic carbocycles. The molecule has 4 nitrogen and oxygen atoms in total. The highest BCUT2D eigenvalue weighted by atomic mass is 16.2. The Morgan fingerprint density at radius 3 is 1.67 bits per heavy atom. The number of hydrogen-bond donors (Lipinski definition) is 2. The summed E-state index contributed by atoms with van der Waals surface area (Å²) in [4.78, 5) is 9.85. The maximum atomic E-state index is 7.50. The summed E-state index contributed by atoms with van der Waals surface area (Å²) in [5, 5.41) is 3.69. The first-order chi connectivity index (χ1) is 6.72. The molecule has 4 heteroatoms. The second-order valence-electron chi connectivity index (χ2n) is 5.92. The van der Waals surface area contributed by atoms with Crippen molar-refractivity contribution in [1.82, 2.24) is 10.2 Å². The first-order valence-electron chi connectivity index (χ1n) is 5.38. The summed E-state index contributed by atoms with van der Waals surface area (Å²) in [6.45, 7) is 9.18. The monoisotopic (exact) mass is 215 g/mol. The average molecular weight is 215 g/mol. The topological polar surface area (TPSA) is 56.2 Å². The van der Waals surface area contributed by atoms with Gasteiger partial charge >= 0.3 is 0 Å². The minimum atomic E-state index is 0.274. The minimum absolute atomic E-state index is 0.274. The minimum Gasteiger partial charge on any atom is -0.307 e. The predicted octanol–water partition coefficient (Wildman–Crippen LogP) is 2.19. The molecule has 15 heavy (non-hydrogen) atoms. The van der Waals surface area contributed by atoms with E-state index < -0.39 is 0 Å². The highest BCUT2D eigenvalue weighted by molar-refractivity contribution is 4.99. The molecule has 1 saturated heterocycles. The Morgan fingerprint density at radius 2 is 1.40 bits per heavy atom. The molecule has 1 aliphatic heterocycles. The van der Waals surface area contributed by atoms with Crippen LogP contribution >= 0.6 is 0 Å². The summed E-state index contributed by atoms with van der Waals surface area (Å²) in [7, 11) is 4.37. The largest absolute Gasteiger partial charge is 0.307 e. The Hall–Kier alpha value is -0.480. The van der Waals surface area contributed by atoms with Crippen molar-refractivity contribution in [3.8, 4) is 0 Å². The van der Waals surface area contributed by atoms with Crippen molar-refractivity contribution in [3.05, 3.63) is 4.91 Å². The first kappa shape index (κ1) is 14.5. The van der Waals surface area contributed by atoms with Gasteiger partial charge in [-0.15, -0.1) is 0 Å². The van der Waals surface area contributed by atoms with E-state index in [1.54, 1.807) is 0 Å². The van der Waals surface area contributed by atoms with Gasteiger partial charge in [0.1, 0.15) is 0 Å². The number of nitrogens with one attached hydrogen (secondary N) is 2. The molecular weight excluding hydrogens is 190 g/mol. The highest BCUT2D eigenvalue weighted by Crippen LogP contribution is 2.30. The smallest absolute Gasteiger partial charge is 0.0145 e. The fraction of sp³-hybridized carbons (Fsp3) is 1.00. The molecule has 1 rings (SSSR count). The number of hydrogen-bond acceptors (Lipinski definition) is 4. The Morgan fingerprint density at radius 1 is 1.07 bits per heavy atom. The molecule has 0 atom stereocenters. The normalized spacial score (nSPS) is 24.5. The van der Waals surface area contributed by atoms with Crippen LogP contribution in [0.1, 0.15) is 40.5 Å². The first-order valence-corrected chi connectivity index (χ1v) is 5.38. The van der Waals surface area contributed by atoms with Crippen LogP contribution in [0.25, 0.3) is 0 Å². The van der Waals surface area contributed by atoms with Gasteiger partial charge in [0.2, 0.25) is 0 Å². The molecule has 0 bridgehead atoms. The van der Waals surface area contributed by atoms with E-state index in [1.807, 2.05) is 0 Å². The number of nitrogens with zero attached hydrogens (tertiary/aromatic N) is 1. The van der Waals surface area contributed by atoms with E-state index in [2.05, 4.69) is 57.6 Å². The van der Waals surface area contributed by atoms with Crippen LogP contribution in [0, 0.1) is 10.5 Å². The number of nitroso groups, excluding NO2 is 1. The van der Waals surface area contributed by atoms with E-state index in [0.29, 0.717) is 6.04 Å². The van der Waals surface area contributed by atoms with Gasteiger partial charge in [-0.2, -0.15) is 4.91 Å². The van der Waals surface area contributed by atoms with Crippen LogP contribution in [0.5, 0.6) is 0 Å². The Bertz CT molecular complexity index is 186. The van der Waals surface area contributed by atoms with Crippen LogP contribution in [-0.4, -0.2) is 36.1 Å². The van der Waals surface area contributed by atoms with E-state index in [-0.39, 0.29) is 11.1 Å². The zero-order valence-corrected chi connectivity index (χ0v) is 10.8. The van der Waals surface area contributed by atoms with Crippen LogP contribution in [0.15, 0.2) is 0 Å². The van der Waals surface area contributed by atoms with Gasteiger partial charge in [0.05, 0.1) is 0 Å². The molecule has 1 aliphatic rings. The average Bonchev–Trinajstić information content (AvgIpc) is 2.02. The van der Waals surface area contributed by atoms with Crippen molar-refractivity contribution < 1.29 is 0 Å². The Labute approximate surface area is 93.2 Å². The molecule has 90 valence electrons. The third-order valence-electron chi connectivity index (χ3n) is 2.90. The Balaban J connectivity index is 0.000000921. The molecule has 0 amide bonds. The molecule has 0 unspecified atom stereocenters. The van der Waals surface area contributed by atoms with Gasteiger partial charge in [0, 0.05) is 17.1 Å². The summed E-state index contributed by atoms with van der Waals surface area (Å²) < 4.78 is 0. The van der Waals surface area contributed by atoms with Gasteiger partial charge in [-0.1, -0.05) is 5.59 Å². The number of rotatable bonds is 1. The molecule has 0 saturated carbocycles. The van der Waals surface area contributed by atoms with E-state index in [0.717, 1.165) is 0 Å². The molecule has 0 aromatic carbocycles. The summed E-state index contributed by atoms with van der Waals surface area (Å²) in [5.41, 5.74) is 5.05. The van der Waals surface area contributed by atoms with Crippen LogP contribution in [0.3, 0.4) is 0 Å². The molecule has 1 heterocycles. The molecular formula is C11H25N3O. The van der Waals surface area contributed by atoms with Gasteiger partial charge < -0.3 is 10.2 Å². The lowest BCUT2D eigenvalue weighted by Crippen LogP contribution is -2.61. The lowest BCUT2D eigenvalue weighted by molar-refractivity contribution is 0.0953. The van der Waals surface area contributed by atoms with Gasteiger partial charge in [0.25, 0.3) is 0 Å². The van der Waals surface area contributed by atoms with Gasteiger partial charge in [-0.3, -0.25) is 0 Å². The quantitative estimate of drug-likeness (QED) is 0.659. The van der Waals surface area contributed by atoms with E-state index >= 15 is 0 Å². The maximum absolute atomic E-state index is 7.50. The molecule has 0 aromatic heterocycles. The number of piperidine rings is 1. The zero-order valence-electron chi connectivity index (χ0n) is 10.8. The van der Waals surface area contributed by atoms with E-state index in [9.17, 15) is 0 Å². The summed E-state index contributed by atoms with van der Waals surface area (Å²) >= 11 is 0. The Kier molecular flexibility index (Phi) is 4.87. The third kappa shape index (κ3) is 4.71. The summed E-state index contributed by atoms with van der Waals surface area (Å²) in [6, 6.07) is 0.714. The summed E-state index contributed by atoms with van der Waals surface area (Å²) in [5.74, 6) is 0. The maximum Gasteiger partial charge on any atom is 0.0145 e. The fourth-order valence-corrected chi connectivity index (χ4v) is 2.63. The molecule has 0 radical (unpaired) electrons. The standard InChI is InChI=1S/C11H24N2.HNO/c1-10(2)7-9(13(5)6)8-11(3,4)12-10;1-2/h9,12H,7-8H2,1-6H3;1H. The lowest BCUT2D eigenvalue weighted by atomic mass is 9.79. The van der Waals surface area contributed by atoms with Crippen LogP contribution in [0.4, 0.5) is 0 Å². The van der Waals surface area contributed by atoms with Crippen molar-refractivity contribution >= 4 is 0 Å². The fourth-order valence-electron chi connectivity index (χ4n) is 2.63. The third-order valence-corrected chi connectivity index (χ3v) is 2.90. The predicted molar refractivity (Wildman–Crippen MR) is 64.1 cm³/mol. The van der Waals surface area contributed by atoms with Crippen LogP contribution in [0.2, 0.25) is 0 Å². The van der Waals surface area contributed by atoms with Crippen molar-refractivity contribution in [2.45, 2.75) is 57.7 Å². The second kappa shape index (κ2) is 5.03.